The van der Waals surface area contributed by atoms with E-state index in [-0.39, 0.29) is 0 Å². The van der Waals surface area contributed by atoms with E-state index < -0.39 is 0 Å². The highest BCUT2D eigenvalue weighted by Gasteiger charge is 2.34. The molecule has 0 radical (unpaired) electrons. The Balaban J connectivity index is 0.000000240. The van der Waals surface area contributed by atoms with Gasteiger partial charge in [0.05, 0.1) is 18.8 Å². The van der Waals surface area contributed by atoms with E-state index >= 15 is 0 Å². The van der Waals surface area contributed by atoms with Crippen molar-refractivity contribution in [2.75, 3.05) is 6.61 Å². The number of rotatable bonds is 13. The van der Waals surface area contributed by atoms with Crippen molar-refractivity contribution in [1.29, 1.82) is 0 Å². The molecule has 24 heavy (non-hydrogen) atoms. The first-order chi connectivity index (χ1) is 11.8. The zero-order valence-corrected chi connectivity index (χ0v) is 16.2. The molecule has 0 saturated carbocycles. The minimum atomic E-state index is 0.385. The summed E-state index contributed by atoms with van der Waals surface area (Å²) in [4.78, 5) is 0. The SMILES string of the molecule is C=C[C@@H]1O[C@H]1CCCCCCC.CCCCCCCC1C=CCO1. The van der Waals surface area contributed by atoms with Crippen LogP contribution < -0.4 is 0 Å². The highest BCUT2D eigenvalue weighted by molar-refractivity contribution is 4.97. The van der Waals surface area contributed by atoms with Crippen molar-refractivity contribution >= 4 is 0 Å². The molecule has 140 valence electrons. The summed E-state index contributed by atoms with van der Waals surface area (Å²) in [5.74, 6) is 0. The van der Waals surface area contributed by atoms with Gasteiger partial charge in [-0.15, -0.1) is 6.58 Å². The smallest absolute Gasteiger partial charge is 0.102 e. The quantitative estimate of drug-likeness (QED) is 0.215. The van der Waals surface area contributed by atoms with Crippen LogP contribution in [0.15, 0.2) is 24.8 Å². The normalized spacial score (nSPS) is 24.5. The lowest BCUT2D eigenvalue weighted by Gasteiger charge is -2.06. The van der Waals surface area contributed by atoms with Gasteiger partial charge in [0.1, 0.15) is 6.10 Å². The van der Waals surface area contributed by atoms with Crippen molar-refractivity contribution in [3.05, 3.63) is 24.8 Å². The minimum Gasteiger partial charge on any atom is -0.370 e. The number of hydrogen-bond acceptors (Lipinski definition) is 2. The zero-order valence-electron chi connectivity index (χ0n) is 16.2. The molecular formula is C22H40O2. The second-order valence-corrected chi connectivity index (χ2v) is 7.08. The maximum absolute atomic E-state index is 5.45. The van der Waals surface area contributed by atoms with Gasteiger partial charge in [-0.25, -0.2) is 0 Å². The highest BCUT2D eigenvalue weighted by Crippen LogP contribution is 2.27. The largest absolute Gasteiger partial charge is 0.370 e. The molecule has 2 aliphatic heterocycles. The third-order valence-corrected chi connectivity index (χ3v) is 4.80. The predicted molar refractivity (Wildman–Crippen MR) is 104 cm³/mol. The first-order valence-corrected chi connectivity index (χ1v) is 10.4. The molecule has 0 N–H and O–H groups in total. The Morgan fingerprint density at radius 2 is 1.54 bits per heavy atom. The number of unbranched alkanes of at least 4 members (excludes halogenated alkanes) is 8. The molecule has 1 saturated heterocycles. The van der Waals surface area contributed by atoms with Gasteiger partial charge in [0, 0.05) is 0 Å². The van der Waals surface area contributed by atoms with Crippen molar-refractivity contribution in [1.82, 2.24) is 0 Å². The molecule has 0 aromatic heterocycles. The van der Waals surface area contributed by atoms with Gasteiger partial charge in [0.25, 0.3) is 0 Å². The fraction of sp³-hybridized carbons (Fsp3) is 0.818. The Hall–Kier alpha value is -0.600. The van der Waals surface area contributed by atoms with Crippen LogP contribution in [0.5, 0.6) is 0 Å². The van der Waals surface area contributed by atoms with Gasteiger partial charge in [-0.05, 0) is 12.8 Å². The molecule has 0 aromatic carbocycles. The van der Waals surface area contributed by atoms with Crippen molar-refractivity contribution < 1.29 is 9.47 Å². The van der Waals surface area contributed by atoms with E-state index in [1.54, 1.807) is 0 Å². The summed E-state index contributed by atoms with van der Waals surface area (Å²) in [7, 11) is 0. The van der Waals surface area contributed by atoms with Gasteiger partial charge in [-0.1, -0.05) is 96.3 Å². The van der Waals surface area contributed by atoms with Gasteiger partial charge < -0.3 is 9.47 Å². The van der Waals surface area contributed by atoms with Crippen LogP contribution in [0.3, 0.4) is 0 Å². The second-order valence-electron chi connectivity index (χ2n) is 7.08. The molecule has 2 heterocycles. The fourth-order valence-corrected chi connectivity index (χ4v) is 3.12. The van der Waals surface area contributed by atoms with Crippen LogP contribution in [-0.2, 0) is 9.47 Å². The molecule has 0 spiro atoms. The average molecular weight is 337 g/mol. The summed E-state index contributed by atoms with van der Waals surface area (Å²) in [6.45, 7) is 9.04. The summed E-state index contributed by atoms with van der Waals surface area (Å²) in [5, 5.41) is 0. The van der Waals surface area contributed by atoms with Crippen LogP contribution in [0, 0.1) is 0 Å². The molecule has 0 aromatic rings. The van der Waals surface area contributed by atoms with Crippen LogP contribution in [0.1, 0.15) is 90.9 Å². The monoisotopic (exact) mass is 336 g/mol. The number of ether oxygens (including phenoxy) is 2. The Labute approximate surface area is 150 Å². The lowest BCUT2D eigenvalue weighted by Crippen LogP contribution is -2.03. The lowest BCUT2D eigenvalue weighted by atomic mass is 10.1. The zero-order chi connectivity index (χ0) is 17.5. The summed E-state index contributed by atoms with van der Waals surface area (Å²) >= 11 is 0. The third-order valence-electron chi connectivity index (χ3n) is 4.80. The molecule has 0 amide bonds. The second kappa shape index (κ2) is 14.7. The predicted octanol–water partition coefficient (Wildman–Crippen LogP) is 6.60. The van der Waals surface area contributed by atoms with Crippen LogP contribution in [0.25, 0.3) is 0 Å². The Bertz CT molecular complexity index is 324. The highest BCUT2D eigenvalue weighted by atomic mass is 16.6. The van der Waals surface area contributed by atoms with Crippen molar-refractivity contribution in [3.63, 3.8) is 0 Å². The Morgan fingerprint density at radius 1 is 0.917 bits per heavy atom. The van der Waals surface area contributed by atoms with Crippen LogP contribution in [0.4, 0.5) is 0 Å². The van der Waals surface area contributed by atoms with E-state index in [9.17, 15) is 0 Å². The molecule has 1 fully saturated rings. The van der Waals surface area contributed by atoms with Crippen molar-refractivity contribution in [3.8, 4) is 0 Å². The maximum Gasteiger partial charge on any atom is 0.102 e. The van der Waals surface area contributed by atoms with Crippen molar-refractivity contribution in [2.24, 2.45) is 0 Å². The third kappa shape index (κ3) is 11.0. The van der Waals surface area contributed by atoms with E-state index in [0.717, 1.165) is 6.61 Å². The Morgan fingerprint density at radius 3 is 2.04 bits per heavy atom. The first-order valence-electron chi connectivity index (χ1n) is 10.4. The van der Waals surface area contributed by atoms with E-state index in [2.05, 4.69) is 32.6 Å². The minimum absolute atomic E-state index is 0.385. The van der Waals surface area contributed by atoms with Gasteiger partial charge in [-0.3, -0.25) is 0 Å². The molecule has 0 bridgehead atoms. The molecule has 1 unspecified atom stereocenters. The van der Waals surface area contributed by atoms with Gasteiger partial charge in [-0.2, -0.15) is 0 Å². The number of hydrogen-bond donors (Lipinski definition) is 0. The van der Waals surface area contributed by atoms with Crippen LogP contribution in [-0.4, -0.2) is 24.9 Å². The standard InChI is InChI=1S/2C11H20O/c1-3-5-6-7-8-9-11-10(4-2)12-11;1-2-3-4-5-6-8-11-9-7-10-12-11/h4,10-11H,2-3,5-9H2,1H3;7,9,11H,2-6,8,10H2,1H3/t10-,11-;/m0./s1. The summed E-state index contributed by atoms with van der Waals surface area (Å²) in [6, 6.07) is 0. The van der Waals surface area contributed by atoms with E-state index in [0.29, 0.717) is 18.3 Å². The first kappa shape index (κ1) is 21.4. The molecule has 2 nitrogen and oxygen atoms in total. The summed E-state index contributed by atoms with van der Waals surface area (Å²) in [5.41, 5.74) is 0. The van der Waals surface area contributed by atoms with Gasteiger partial charge >= 0.3 is 0 Å². The number of epoxide rings is 1. The van der Waals surface area contributed by atoms with Crippen molar-refractivity contribution in [2.45, 2.75) is 109 Å². The lowest BCUT2D eigenvalue weighted by molar-refractivity contribution is 0.119. The molecule has 2 heteroatoms. The molecule has 0 aliphatic carbocycles. The Kier molecular flexibility index (Phi) is 13.2. The topological polar surface area (TPSA) is 21.8 Å². The van der Waals surface area contributed by atoms with E-state index in [1.807, 2.05) is 6.08 Å². The summed E-state index contributed by atoms with van der Waals surface area (Å²) < 4.78 is 10.8. The molecule has 3 atom stereocenters. The molecule has 2 aliphatic rings. The maximum atomic E-state index is 5.45. The average Bonchev–Trinajstić information content (AvgIpc) is 3.16. The van der Waals surface area contributed by atoms with Gasteiger partial charge in [0.2, 0.25) is 0 Å². The van der Waals surface area contributed by atoms with Gasteiger partial charge in [0.15, 0.2) is 0 Å². The molecule has 2 rings (SSSR count). The molecular weight excluding hydrogens is 296 g/mol. The van der Waals surface area contributed by atoms with E-state index in [4.69, 9.17) is 9.47 Å². The summed E-state index contributed by atoms with van der Waals surface area (Å²) in [6.07, 6.45) is 23.7. The van der Waals surface area contributed by atoms with Crippen LogP contribution >= 0.6 is 0 Å². The fourth-order valence-electron chi connectivity index (χ4n) is 3.12. The van der Waals surface area contributed by atoms with Crippen LogP contribution in [0.2, 0.25) is 0 Å². The van der Waals surface area contributed by atoms with E-state index in [1.165, 1.54) is 77.0 Å².